The van der Waals surface area contributed by atoms with Crippen LogP contribution in [0.1, 0.15) is 19.3 Å². The van der Waals surface area contributed by atoms with Crippen molar-refractivity contribution < 1.29 is 5.11 Å². The van der Waals surface area contributed by atoms with Crippen LogP contribution in [0, 0.1) is 0 Å². The van der Waals surface area contributed by atoms with Crippen molar-refractivity contribution in [3.05, 3.63) is 0 Å². The lowest BCUT2D eigenvalue weighted by atomic mass is 10.1. The lowest BCUT2D eigenvalue weighted by Gasteiger charge is -2.34. The molecule has 0 radical (unpaired) electrons. The van der Waals surface area contributed by atoms with Crippen LogP contribution in [0.25, 0.3) is 0 Å². The van der Waals surface area contributed by atoms with Crippen molar-refractivity contribution in [2.24, 2.45) is 0 Å². The van der Waals surface area contributed by atoms with Crippen LogP contribution in [0.5, 0.6) is 0 Å². The molecule has 16 heavy (non-hydrogen) atoms. The second kappa shape index (κ2) is 6.55. The van der Waals surface area contributed by atoms with Gasteiger partial charge in [0.05, 0.1) is 6.61 Å². The number of piperazine rings is 1. The van der Waals surface area contributed by atoms with E-state index in [1.165, 1.54) is 45.4 Å². The number of aliphatic hydroxyl groups is 1. The molecule has 2 rings (SSSR count). The van der Waals surface area contributed by atoms with E-state index < -0.39 is 0 Å². The molecule has 0 aliphatic carbocycles. The molecule has 1 unspecified atom stereocenters. The molecule has 1 atom stereocenters. The zero-order valence-corrected chi connectivity index (χ0v) is 10.2. The number of β-amino-alcohol motifs (C(OH)–C–C–N with tert-alkyl or cyclic N) is 1. The van der Waals surface area contributed by atoms with Gasteiger partial charge in [0, 0.05) is 38.8 Å². The van der Waals surface area contributed by atoms with Crippen LogP contribution in [-0.4, -0.2) is 73.4 Å². The van der Waals surface area contributed by atoms with Gasteiger partial charge in [0.25, 0.3) is 0 Å². The van der Waals surface area contributed by atoms with E-state index in [0.717, 1.165) is 25.7 Å². The van der Waals surface area contributed by atoms with Gasteiger partial charge < -0.3 is 15.3 Å². The van der Waals surface area contributed by atoms with Crippen molar-refractivity contribution in [1.82, 2.24) is 15.1 Å². The van der Waals surface area contributed by atoms with Crippen LogP contribution in [0.4, 0.5) is 0 Å². The highest BCUT2D eigenvalue weighted by Gasteiger charge is 2.18. The summed E-state index contributed by atoms with van der Waals surface area (Å²) < 4.78 is 0. The summed E-state index contributed by atoms with van der Waals surface area (Å²) in [5, 5.41) is 12.4. The van der Waals surface area contributed by atoms with Gasteiger partial charge in [0.1, 0.15) is 0 Å². The van der Waals surface area contributed by atoms with E-state index in [4.69, 9.17) is 5.11 Å². The number of aliphatic hydroxyl groups excluding tert-OH is 1. The number of nitrogens with zero attached hydrogens (tertiary/aromatic N) is 2. The smallest absolute Gasteiger partial charge is 0.0558 e. The Balaban J connectivity index is 1.57. The van der Waals surface area contributed by atoms with Crippen LogP contribution in [0.15, 0.2) is 0 Å². The SMILES string of the molecule is OCCN1CCN(CCC2CCCN2)CC1. The first-order chi connectivity index (χ1) is 7.88. The van der Waals surface area contributed by atoms with Gasteiger partial charge in [0.15, 0.2) is 0 Å². The fourth-order valence-corrected chi connectivity index (χ4v) is 2.72. The Kier molecular flexibility index (Phi) is 5.03. The van der Waals surface area contributed by atoms with Gasteiger partial charge in [-0.25, -0.2) is 0 Å². The second-order valence-electron chi connectivity index (χ2n) is 4.99. The Morgan fingerprint density at radius 1 is 1.06 bits per heavy atom. The third kappa shape index (κ3) is 3.70. The molecular formula is C12H25N3O. The first-order valence-electron chi connectivity index (χ1n) is 6.67. The largest absolute Gasteiger partial charge is 0.395 e. The first-order valence-corrected chi connectivity index (χ1v) is 6.67. The van der Waals surface area contributed by atoms with Crippen molar-refractivity contribution in [1.29, 1.82) is 0 Å². The number of rotatable bonds is 5. The molecule has 0 aromatic rings. The molecule has 2 aliphatic rings. The van der Waals surface area contributed by atoms with Crippen LogP contribution < -0.4 is 5.32 Å². The molecule has 2 aliphatic heterocycles. The van der Waals surface area contributed by atoms with Crippen molar-refractivity contribution >= 4 is 0 Å². The molecule has 94 valence electrons. The summed E-state index contributed by atoms with van der Waals surface area (Å²) in [6.07, 6.45) is 4.03. The average molecular weight is 227 g/mol. The highest BCUT2D eigenvalue weighted by atomic mass is 16.3. The molecule has 4 heteroatoms. The molecule has 0 aromatic heterocycles. The summed E-state index contributed by atoms with van der Waals surface area (Å²) in [4.78, 5) is 4.91. The number of hydrogen-bond acceptors (Lipinski definition) is 4. The molecule has 0 spiro atoms. The summed E-state index contributed by atoms with van der Waals surface area (Å²) in [5.41, 5.74) is 0. The molecule has 2 fully saturated rings. The predicted molar refractivity (Wildman–Crippen MR) is 65.6 cm³/mol. The predicted octanol–water partition coefficient (Wildman–Crippen LogP) is -0.262. The molecule has 2 saturated heterocycles. The van der Waals surface area contributed by atoms with E-state index in [-0.39, 0.29) is 0 Å². The van der Waals surface area contributed by atoms with Gasteiger partial charge in [0.2, 0.25) is 0 Å². The minimum atomic E-state index is 0.298. The van der Waals surface area contributed by atoms with Gasteiger partial charge in [-0.3, -0.25) is 4.90 Å². The third-order valence-electron chi connectivity index (χ3n) is 3.84. The second-order valence-corrected chi connectivity index (χ2v) is 4.99. The lowest BCUT2D eigenvalue weighted by molar-refractivity contribution is 0.110. The maximum atomic E-state index is 8.87. The van der Waals surface area contributed by atoms with Crippen molar-refractivity contribution in [3.8, 4) is 0 Å². The third-order valence-corrected chi connectivity index (χ3v) is 3.84. The van der Waals surface area contributed by atoms with Crippen LogP contribution in [-0.2, 0) is 0 Å². The summed E-state index contributed by atoms with van der Waals surface area (Å²) in [7, 11) is 0. The highest BCUT2D eigenvalue weighted by molar-refractivity contribution is 4.77. The van der Waals surface area contributed by atoms with Gasteiger partial charge in [-0.15, -0.1) is 0 Å². The summed E-state index contributed by atoms with van der Waals surface area (Å²) in [5.74, 6) is 0. The quantitative estimate of drug-likeness (QED) is 0.679. The Morgan fingerprint density at radius 3 is 2.31 bits per heavy atom. The maximum absolute atomic E-state index is 8.87. The minimum Gasteiger partial charge on any atom is -0.395 e. The van der Waals surface area contributed by atoms with Gasteiger partial charge in [-0.1, -0.05) is 0 Å². The number of hydrogen-bond donors (Lipinski definition) is 2. The topological polar surface area (TPSA) is 38.7 Å². The standard InChI is InChI=1S/C12H25N3O/c16-11-10-15-8-6-14(7-9-15)5-3-12-2-1-4-13-12/h12-13,16H,1-11H2. The molecule has 0 amide bonds. The highest BCUT2D eigenvalue weighted by Crippen LogP contribution is 2.10. The maximum Gasteiger partial charge on any atom is 0.0558 e. The molecule has 0 saturated carbocycles. The Hall–Kier alpha value is -0.160. The molecule has 0 bridgehead atoms. The van der Waals surface area contributed by atoms with Crippen LogP contribution in [0.2, 0.25) is 0 Å². The lowest BCUT2D eigenvalue weighted by Crippen LogP contribution is -2.47. The van der Waals surface area contributed by atoms with Crippen molar-refractivity contribution in [2.45, 2.75) is 25.3 Å². The normalized spacial score (nSPS) is 28.7. The summed E-state index contributed by atoms with van der Waals surface area (Å²) >= 11 is 0. The fourth-order valence-electron chi connectivity index (χ4n) is 2.72. The Bertz CT molecular complexity index is 187. The van der Waals surface area contributed by atoms with Crippen LogP contribution >= 0.6 is 0 Å². The van der Waals surface area contributed by atoms with E-state index in [1.54, 1.807) is 0 Å². The fraction of sp³-hybridized carbons (Fsp3) is 1.00. The van der Waals surface area contributed by atoms with E-state index in [2.05, 4.69) is 15.1 Å². The molecule has 2 heterocycles. The molecule has 2 N–H and O–H groups in total. The monoisotopic (exact) mass is 227 g/mol. The molecule has 0 aromatic carbocycles. The van der Waals surface area contributed by atoms with Gasteiger partial charge in [-0.05, 0) is 32.4 Å². The zero-order chi connectivity index (χ0) is 11.2. The van der Waals surface area contributed by atoms with E-state index >= 15 is 0 Å². The Labute approximate surface area is 98.6 Å². The van der Waals surface area contributed by atoms with Crippen molar-refractivity contribution in [2.75, 3.05) is 52.4 Å². The van der Waals surface area contributed by atoms with E-state index in [9.17, 15) is 0 Å². The van der Waals surface area contributed by atoms with Crippen LogP contribution in [0.3, 0.4) is 0 Å². The molecule has 4 nitrogen and oxygen atoms in total. The zero-order valence-electron chi connectivity index (χ0n) is 10.2. The van der Waals surface area contributed by atoms with E-state index in [1.807, 2.05) is 0 Å². The first kappa shape index (κ1) is 12.3. The Morgan fingerprint density at radius 2 is 1.75 bits per heavy atom. The van der Waals surface area contributed by atoms with Gasteiger partial charge >= 0.3 is 0 Å². The average Bonchev–Trinajstić information content (AvgIpc) is 2.82. The number of nitrogens with one attached hydrogen (secondary N) is 1. The van der Waals surface area contributed by atoms with E-state index in [0.29, 0.717) is 6.61 Å². The summed E-state index contributed by atoms with van der Waals surface area (Å²) in [6, 6.07) is 0.774. The van der Waals surface area contributed by atoms with Crippen molar-refractivity contribution in [3.63, 3.8) is 0 Å². The van der Waals surface area contributed by atoms with Gasteiger partial charge in [-0.2, -0.15) is 0 Å². The summed E-state index contributed by atoms with van der Waals surface area (Å²) in [6.45, 7) is 8.19. The minimum absolute atomic E-state index is 0.298. The molecular weight excluding hydrogens is 202 g/mol.